The molecule has 2 rings (SSSR count). The molecule has 6 nitrogen and oxygen atoms in total. The van der Waals surface area contributed by atoms with Crippen molar-refractivity contribution in [1.82, 2.24) is 4.98 Å². The van der Waals surface area contributed by atoms with E-state index in [0.29, 0.717) is 10.8 Å². The van der Waals surface area contributed by atoms with Gasteiger partial charge in [0, 0.05) is 5.02 Å². The van der Waals surface area contributed by atoms with Crippen molar-refractivity contribution in [2.45, 2.75) is 30.4 Å². The molecule has 1 amide bonds. The third kappa shape index (κ3) is 3.00. The largest absolute Gasteiger partial charge is 0.429 e. The normalized spacial score (nSPS) is 12.2. The number of nitrogens with zero attached hydrogens (tertiary/aromatic N) is 1. The van der Waals surface area contributed by atoms with E-state index >= 15 is 0 Å². The predicted molar refractivity (Wildman–Crippen MR) is 82.6 cm³/mol. The number of hydrogen-bond donors (Lipinski definition) is 1. The van der Waals surface area contributed by atoms with Gasteiger partial charge in [-0.2, -0.15) is 0 Å². The van der Waals surface area contributed by atoms with Crippen LogP contribution in [0.3, 0.4) is 0 Å². The molecular formula is C14H15ClN2O4S. The molecule has 0 aliphatic carbocycles. The van der Waals surface area contributed by atoms with Gasteiger partial charge in [-0.1, -0.05) is 11.6 Å². The van der Waals surface area contributed by atoms with Crippen molar-refractivity contribution in [3.05, 3.63) is 41.2 Å². The van der Waals surface area contributed by atoms with E-state index < -0.39 is 20.5 Å². The van der Waals surface area contributed by atoms with Crippen molar-refractivity contribution in [3.8, 4) is 0 Å². The van der Waals surface area contributed by atoms with Crippen LogP contribution in [0.15, 0.2) is 39.8 Å². The molecule has 0 spiro atoms. The Balaban J connectivity index is 2.31. The molecule has 0 aliphatic heterocycles. The fraction of sp³-hybridized carbons (Fsp3) is 0.286. The van der Waals surface area contributed by atoms with E-state index in [4.69, 9.17) is 16.0 Å². The van der Waals surface area contributed by atoms with Crippen LogP contribution in [0.25, 0.3) is 0 Å². The van der Waals surface area contributed by atoms with Gasteiger partial charge in [-0.3, -0.25) is 10.1 Å². The van der Waals surface area contributed by atoms with E-state index in [9.17, 15) is 13.2 Å². The molecule has 0 saturated heterocycles. The summed E-state index contributed by atoms with van der Waals surface area (Å²) in [5.41, 5.74) is 0. The Labute approximate surface area is 133 Å². The molecule has 0 fully saturated rings. The Morgan fingerprint density at radius 1 is 1.27 bits per heavy atom. The van der Waals surface area contributed by atoms with Crippen molar-refractivity contribution in [2.24, 2.45) is 0 Å². The highest BCUT2D eigenvalue weighted by molar-refractivity contribution is 7.93. The van der Waals surface area contributed by atoms with E-state index in [-0.39, 0.29) is 10.9 Å². The lowest BCUT2D eigenvalue weighted by Gasteiger charge is -2.23. The molecule has 1 heterocycles. The zero-order valence-corrected chi connectivity index (χ0v) is 13.8. The highest BCUT2D eigenvalue weighted by atomic mass is 35.5. The molecule has 22 heavy (non-hydrogen) atoms. The lowest BCUT2D eigenvalue weighted by molar-refractivity contribution is -0.118. The highest BCUT2D eigenvalue weighted by Gasteiger charge is 2.43. The second-order valence-corrected chi connectivity index (χ2v) is 8.13. The Bertz CT molecular complexity index is 795. The zero-order valence-electron chi connectivity index (χ0n) is 12.3. The number of anilines is 1. The maximum atomic E-state index is 12.6. The molecule has 8 heteroatoms. The van der Waals surface area contributed by atoms with Gasteiger partial charge in [-0.25, -0.2) is 13.4 Å². The second kappa shape index (κ2) is 5.73. The van der Waals surface area contributed by atoms with Crippen LogP contribution in [0, 0.1) is 6.92 Å². The lowest BCUT2D eigenvalue weighted by Crippen LogP contribution is -2.44. The third-order valence-electron chi connectivity index (χ3n) is 3.18. The topological polar surface area (TPSA) is 89.3 Å². The summed E-state index contributed by atoms with van der Waals surface area (Å²) < 4.78 is 28.7. The van der Waals surface area contributed by atoms with Gasteiger partial charge in [0.25, 0.3) is 0 Å². The third-order valence-corrected chi connectivity index (χ3v) is 5.86. The minimum absolute atomic E-state index is 0.0145. The fourth-order valence-corrected chi connectivity index (χ4v) is 3.20. The van der Waals surface area contributed by atoms with E-state index in [2.05, 4.69) is 10.3 Å². The summed E-state index contributed by atoms with van der Waals surface area (Å²) in [4.78, 5) is 16.2. The number of oxazole rings is 1. The summed E-state index contributed by atoms with van der Waals surface area (Å²) >= 11 is 5.75. The van der Waals surface area contributed by atoms with Gasteiger partial charge in [0.1, 0.15) is 10.5 Å². The molecular weight excluding hydrogens is 328 g/mol. The maximum Gasteiger partial charge on any atom is 0.301 e. The van der Waals surface area contributed by atoms with Crippen LogP contribution in [-0.2, 0) is 14.6 Å². The van der Waals surface area contributed by atoms with Crippen LogP contribution in [-0.4, -0.2) is 24.1 Å². The molecule has 0 radical (unpaired) electrons. The molecule has 0 aliphatic rings. The van der Waals surface area contributed by atoms with Crippen LogP contribution in [0.5, 0.6) is 0 Å². The number of carbonyl (C=O) groups excluding carboxylic acids is 1. The molecule has 1 N–H and O–H groups in total. The number of rotatable bonds is 4. The van der Waals surface area contributed by atoms with Crippen LogP contribution in [0.4, 0.5) is 6.01 Å². The highest BCUT2D eigenvalue weighted by Crippen LogP contribution is 2.27. The summed E-state index contributed by atoms with van der Waals surface area (Å²) in [6, 6.07) is 5.60. The molecule has 0 bridgehead atoms. The minimum atomic E-state index is -3.91. The fourth-order valence-electron chi connectivity index (χ4n) is 1.69. The first-order chi connectivity index (χ1) is 10.1. The number of aromatic nitrogens is 1. The number of sulfone groups is 1. The smallest absolute Gasteiger partial charge is 0.301 e. The quantitative estimate of drug-likeness (QED) is 0.922. The lowest BCUT2D eigenvalue weighted by atomic mass is 10.2. The van der Waals surface area contributed by atoms with Crippen molar-refractivity contribution in [1.29, 1.82) is 0 Å². The van der Waals surface area contributed by atoms with E-state index in [1.54, 1.807) is 6.92 Å². The first-order valence-electron chi connectivity index (χ1n) is 6.38. The molecule has 1 aromatic carbocycles. The average molecular weight is 343 g/mol. The maximum absolute atomic E-state index is 12.6. The predicted octanol–water partition coefficient (Wildman–Crippen LogP) is 2.83. The number of benzene rings is 1. The van der Waals surface area contributed by atoms with Gasteiger partial charge in [0.05, 0.1) is 11.1 Å². The Morgan fingerprint density at radius 3 is 2.36 bits per heavy atom. The number of amides is 1. The van der Waals surface area contributed by atoms with Crippen molar-refractivity contribution < 1.29 is 17.6 Å². The van der Waals surface area contributed by atoms with E-state index in [1.165, 1.54) is 44.3 Å². The molecule has 118 valence electrons. The first kappa shape index (κ1) is 16.5. The summed E-state index contributed by atoms with van der Waals surface area (Å²) in [6.07, 6.45) is 1.43. The number of aryl methyl sites for hydroxylation is 1. The number of hydrogen-bond acceptors (Lipinski definition) is 5. The van der Waals surface area contributed by atoms with Crippen molar-refractivity contribution in [3.63, 3.8) is 0 Å². The second-order valence-electron chi connectivity index (χ2n) is 5.20. The van der Waals surface area contributed by atoms with Crippen molar-refractivity contribution >= 4 is 33.4 Å². The van der Waals surface area contributed by atoms with Gasteiger partial charge in [0.15, 0.2) is 9.84 Å². The number of carbonyl (C=O) groups is 1. The number of halogens is 1. The monoisotopic (exact) mass is 342 g/mol. The molecule has 0 unspecified atom stereocenters. The Kier molecular flexibility index (Phi) is 4.30. The zero-order chi connectivity index (χ0) is 16.5. The van der Waals surface area contributed by atoms with Gasteiger partial charge in [-0.05, 0) is 45.0 Å². The Hall–Kier alpha value is -1.86. The summed E-state index contributed by atoms with van der Waals surface area (Å²) in [5.74, 6) is -0.224. The standard InChI is InChI=1S/C14H15ClN2O4S/c1-9-8-16-13(21-9)17-12(18)14(2,3)22(19,20)11-6-4-10(15)5-7-11/h4-8H,1-3H3,(H,16,17,18). The summed E-state index contributed by atoms with van der Waals surface area (Å²) in [7, 11) is -3.91. The summed E-state index contributed by atoms with van der Waals surface area (Å²) in [6.45, 7) is 4.31. The van der Waals surface area contributed by atoms with Crippen LogP contribution in [0.2, 0.25) is 5.02 Å². The van der Waals surface area contributed by atoms with Crippen LogP contribution >= 0.6 is 11.6 Å². The molecule has 1 aromatic heterocycles. The molecule has 0 saturated carbocycles. The van der Waals surface area contributed by atoms with E-state index in [0.717, 1.165) is 0 Å². The van der Waals surface area contributed by atoms with Gasteiger partial charge >= 0.3 is 6.01 Å². The summed E-state index contributed by atoms with van der Waals surface area (Å²) in [5, 5.41) is 2.78. The van der Waals surface area contributed by atoms with Gasteiger partial charge in [-0.15, -0.1) is 0 Å². The molecule has 2 aromatic rings. The molecule has 0 atom stereocenters. The van der Waals surface area contributed by atoms with Gasteiger partial charge < -0.3 is 4.42 Å². The minimum Gasteiger partial charge on any atom is -0.429 e. The SMILES string of the molecule is Cc1cnc(NC(=O)C(C)(C)S(=O)(=O)c2ccc(Cl)cc2)o1. The van der Waals surface area contributed by atoms with E-state index in [1.807, 2.05) is 0 Å². The van der Waals surface area contributed by atoms with Crippen LogP contribution < -0.4 is 5.32 Å². The van der Waals surface area contributed by atoms with Gasteiger partial charge in [0.2, 0.25) is 5.91 Å². The van der Waals surface area contributed by atoms with Crippen molar-refractivity contribution in [2.75, 3.05) is 5.32 Å². The average Bonchev–Trinajstić information content (AvgIpc) is 2.84. The Morgan fingerprint density at radius 2 is 1.86 bits per heavy atom. The number of nitrogens with one attached hydrogen (secondary N) is 1. The first-order valence-corrected chi connectivity index (χ1v) is 8.25. The van der Waals surface area contributed by atoms with Crippen LogP contribution in [0.1, 0.15) is 19.6 Å².